The van der Waals surface area contributed by atoms with Crippen molar-refractivity contribution in [1.29, 1.82) is 0 Å². The van der Waals surface area contributed by atoms with Crippen LogP contribution in [0.3, 0.4) is 0 Å². The van der Waals surface area contributed by atoms with Gasteiger partial charge in [-0.3, -0.25) is 9.59 Å². The monoisotopic (exact) mass is 570 g/mol. The second kappa shape index (κ2) is 25.2. The van der Waals surface area contributed by atoms with Crippen LogP contribution < -0.4 is 10.6 Å². The second-order valence-corrected chi connectivity index (χ2v) is 8.65. The molecule has 0 aliphatic carbocycles. The molecule has 0 fully saturated rings. The Morgan fingerprint density at radius 2 is 1.20 bits per heavy atom. The zero-order chi connectivity index (χ0) is 29.1. The molecule has 0 bridgehead atoms. The van der Waals surface area contributed by atoms with Crippen LogP contribution in [0.25, 0.3) is 0 Å². The van der Waals surface area contributed by atoms with Gasteiger partial charge in [0, 0.05) is 31.8 Å². The highest BCUT2D eigenvalue weighted by Crippen LogP contribution is 2.10. The Morgan fingerprint density at radius 3 is 1.73 bits per heavy atom. The maximum absolute atomic E-state index is 12.1. The number of nitrogens with one attached hydrogen (secondary N) is 2. The summed E-state index contributed by atoms with van der Waals surface area (Å²) in [4.78, 5) is 33.8. The Kier molecular flexibility index (Phi) is 22.2. The summed E-state index contributed by atoms with van der Waals surface area (Å²) in [5.74, 6) is -1.63. The van der Waals surface area contributed by atoms with Gasteiger partial charge in [-0.25, -0.2) is 4.79 Å². The van der Waals surface area contributed by atoms with E-state index in [1.165, 1.54) is 0 Å². The Morgan fingerprint density at radius 1 is 0.675 bits per heavy atom. The van der Waals surface area contributed by atoms with Gasteiger partial charge in [0.05, 0.1) is 71.4 Å². The average molecular weight is 571 g/mol. The van der Waals surface area contributed by atoms with E-state index in [0.29, 0.717) is 84.6 Å². The van der Waals surface area contributed by atoms with Crippen LogP contribution in [0.5, 0.6) is 0 Å². The highest BCUT2D eigenvalue weighted by atomic mass is 16.6. The summed E-state index contributed by atoms with van der Waals surface area (Å²) in [6.45, 7) is 7.96. The quantitative estimate of drug-likeness (QED) is 0.106. The van der Waals surface area contributed by atoms with Crippen LogP contribution >= 0.6 is 0 Å². The van der Waals surface area contributed by atoms with E-state index in [4.69, 9.17) is 33.5 Å². The molecular weight excluding hydrogens is 524 g/mol. The van der Waals surface area contributed by atoms with Crippen molar-refractivity contribution in [2.45, 2.75) is 39.0 Å². The molecule has 0 saturated heterocycles. The highest BCUT2D eigenvalue weighted by molar-refractivity contribution is 5.89. The molecule has 0 saturated carbocycles. The van der Waals surface area contributed by atoms with E-state index >= 15 is 0 Å². The van der Waals surface area contributed by atoms with Gasteiger partial charge in [-0.2, -0.15) is 0 Å². The lowest BCUT2D eigenvalue weighted by molar-refractivity contribution is -0.138. The summed E-state index contributed by atoms with van der Waals surface area (Å²) in [5.41, 5.74) is 1.50. The van der Waals surface area contributed by atoms with Gasteiger partial charge in [0.2, 0.25) is 5.91 Å². The van der Waals surface area contributed by atoms with Crippen molar-refractivity contribution >= 4 is 23.5 Å². The SMILES string of the molecule is CCCCNc1ccc(C(=O)OCCOCCOCCOCCOCCOCCCNC(=O)CCC(=O)O)cc1. The summed E-state index contributed by atoms with van der Waals surface area (Å²) in [5, 5.41) is 14.5. The van der Waals surface area contributed by atoms with E-state index in [-0.39, 0.29) is 31.3 Å². The van der Waals surface area contributed by atoms with Crippen molar-refractivity contribution in [3.63, 3.8) is 0 Å². The van der Waals surface area contributed by atoms with Gasteiger partial charge in [-0.05, 0) is 37.1 Å². The molecule has 1 aromatic carbocycles. The summed E-state index contributed by atoms with van der Waals surface area (Å²) < 4.78 is 32.3. The van der Waals surface area contributed by atoms with Gasteiger partial charge >= 0.3 is 11.9 Å². The predicted molar refractivity (Wildman–Crippen MR) is 149 cm³/mol. The summed E-state index contributed by atoms with van der Waals surface area (Å²) in [6, 6.07) is 7.24. The average Bonchev–Trinajstić information content (AvgIpc) is 2.95. The van der Waals surface area contributed by atoms with Gasteiger partial charge in [0.1, 0.15) is 6.61 Å². The second-order valence-electron chi connectivity index (χ2n) is 8.65. The number of rotatable bonds is 27. The molecule has 0 aliphatic rings. The number of ether oxygens (including phenoxy) is 6. The van der Waals surface area contributed by atoms with Crippen molar-refractivity contribution in [2.24, 2.45) is 0 Å². The molecule has 0 unspecified atom stereocenters. The number of esters is 1. The number of aliphatic carboxylic acids is 1. The molecule has 0 heterocycles. The van der Waals surface area contributed by atoms with E-state index < -0.39 is 5.97 Å². The zero-order valence-electron chi connectivity index (χ0n) is 23.7. The van der Waals surface area contributed by atoms with E-state index in [2.05, 4.69) is 17.6 Å². The molecule has 1 rings (SSSR count). The lowest BCUT2D eigenvalue weighted by Crippen LogP contribution is -2.25. The van der Waals surface area contributed by atoms with Crippen molar-refractivity contribution in [1.82, 2.24) is 5.32 Å². The third-order valence-electron chi connectivity index (χ3n) is 5.28. The van der Waals surface area contributed by atoms with Crippen LogP contribution in [0, 0.1) is 0 Å². The molecular formula is C28H46N2O10. The third-order valence-corrected chi connectivity index (χ3v) is 5.28. The fourth-order valence-corrected chi connectivity index (χ4v) is 3.10. The molecule has 0 radical (unpaired) electrons. The molecule has 3 N–H and O–H groups in total. The number of benzene rings is 1. The summed E-state index contributed by atoms with van der Waals surface area (Å²) >= 11 is 0. The third kappa shape index (κ3) is 21.1. The highest BCUT2D eigenvalue weighted by Gasteiger charge is 2.07. The number of hydrogen-bond donors (Lipinski definition) is 3. The molecule has 12 nitrogen and oxygen atoms in total. The van der Waals surface area contributed by atoms with E-state index in [1.54, 1.807) is 12.1 Å². The Balaban J connectivity index is 1.79. The largest absolute Gasteiger partial charge is 0.481 e. The number of hydrogen-bond acceptors (Lipinski definition) is 10. The standard InChI is InChI=1S/C28H46N2O10/c1-2-3-11-29-25-7-5-24(6-8-25)28(34)40-23-22-39-21-20-38-19-18-37-17-16-36-15-14-35-13-4-12-30-26(31)9-10-27(32)33/h5-8,29H,2-4,9-23H2,1H3,(H,30,31)(H,32,33). The number of carboxylic acids is 1. The van der Waals surface area contributed by atoms with Crippen molar-refractivity contribution in [3.05, 3.63) is 29.8 Å². The van der Waals surface area contributed by atoms with Crippen molar-refractivity contribution < 1.29 is 47.9 Å². The fraction of sp³-hybridized carbons (Fsp3) is 0.679. The zero-order valence-corrected chi connectivity index (χ0v) is 23.7. The molecule has 0 aliphatic heterocycles. The molecule has 1 amide bonds. The minimum atomic E-state index is -0.985. The van der Waals surface area contributed by atoms with Crippen LogP contribution in [0.15, 0.2) is 24.3 Å². The molecule has 0 aromatic heterocycles. The van der Waals surface area contributed by atoms with E-state index in [1.807, 2.05) is 12.1 Å². The smallest absolute Gasteiger partial charge is 0.338 e. The molecule has 0 spiro atoms. The number of carbonyl (C=O) groups is 3. The number of anilines is 1. The van der Waals surface area contributed by atoms with Crippen molar-refractivity contribution in [2.75, 3.05) is 91.1 Å². The van der Waals surface area contributed by atoms with Gasteiger partial charge in [-0.1, -0.05) is 13.3 Å². The number of carbonyl (C=O) groups excluding carboxylic acids is 2. The Labute approximate surface area is 237 Å². The number of amides is 1. The minimum Gasteiger partial charge on any atom is -0.481 e. The maximum atomic E-state index is 12.1. The first-order valence-corrected chi connectivity index (χ1v) is 13.9. The lowest BCUT2D eigenvalue weighted by atomic mass is 10.2. The van der Waals surface area contributed by atoms with Crippen LogP contribution in [0.2, 0.25) is 0 Å². The first-order chi connectivity index (χ1) is 19.5. The molecule has 228 valence electrons. The van der Waals surface area contributed by atoms with Crippen molar-refractivity contribution in [3.8, 4) is 0 Å². The lowest BCUT2D eigenvalue weighted by Gasteiger charge is -2.09. The van der Waals surface area contributed by atoms with Crippen LogP contribution in [-0.4, -0.2) is 109 Å². The van der Waals surface area contributed by atoms with Crippen LogP contribution in [-0.2, 0) is 38.0 Å². The Bertz CT molecular complexity index is 792. The number of carboxylic acid groups (broad SMARTS) is 1. The molecule has 12 heteroatoms. The fourth-order valence-electron chi connectivity index (χ4n) is 3.10. The van der Waals surface area contributed by atoms with E-state index in [9.17, 15) is 14.4 Å². The van der Waals surface area contributed by atoms with Gasteiger partial charge in [-0.15, -0.1) is 0 Å². The van der Waals surface area contributed by atoms with E-state index in [0.717, 1.165) is 25.1 Å². The summed E-state index contributed by atoms with van der Waals surface area (Å²) in [6.07, 6.45) is 2.70. The van der Waals surface area contributed by atoms with Crippen LogP contribution in [0.4, 0.5) is 5.69 Å². The predicted octanol–water partition coefficient (Wildman–Crippen LogP) is 2.51. The number of unbranched alkanes of at least 4 members (excludes halogenated alkanes) is 1. The molecule has 0 atom stereocenters. The van der Waals surface area contributed by atoms with Gasteiger partial charge < -0.3 is 44.2 Å². The first-order valence-electron chi connectivity index (χ1n) is 13.9. The van der Waals surface area contributed by atoms with Gasteiger partial charge in [0.25, 0.3) is 0 Å². The Hall–Kier alpha value is -2.77. The minimum absolute atomic E-state index is 0.0128. The topological polar surface area (TPSA) is 151 Å². The first kappa shape index (κ1) is 35.3. The molecule has 1 aromatic rings. The molecule has 40 heavy (non-hydrogen) atoms. The normalized spacial score (nSPS) is 10.8. The summed E-state index contributed by atoms with van der Waals surface area (Å²) in [7, 11) is 0. The maximum Gasteiger partial charge on any atom is 0.338 e. The van der Waals surface area contributed by atoms with Crippen LogP contribution in [0.1, 0.15) is 49.4 Å². The van der Waals surface area contributed by atoms with Gasteiger partial charge in [0.15, 0.2) is 0 Å².